The van der Waals surface area contributed by atoms with Crippen LogP contribution in [0.25, 0.3) is 25.7 Å². The molecule has 0 nitrogen and oxygen atoms in total. The lowest BCUT2D eigenvalue weighted by Gasteiger charge is -2.17. The maximum Gasteiger partial charge on any atom is 0.0617 e. The number of thioether (sulfide) groups is 1. The molecule has 0 amide bonds. The summed E-state index contributed by atoms with van der Waals surface area (Å²) in [7, 11) is 0. The van der Waals surface area contributed by atoms with Crippen molar-refractivity contribution in [2.75, 3.05) is 0 Å². The Hall–Kier alpha value is -1.81. The smallest absolute Gasteiger partial charge is 0.0617 e. The third kappa shape index (κ3) is 3.16. The Morgan fingerprint density at radius 2 is 1.61 bits per heavy atom. The highest BCUT2D eigenvalue weighted by atomic mass is 32.2. The van der Waals surface area contributed by atoms with E-state index in [0.29, 0.717) is 11.2 Å². The van der Waals surface area contributed by atoms with E-state index in [4.69, 9.17) is 0 Å². The van der Waals surface area contributed by atoms with Crippen molar-refractivity contribution in [1.82, 2.24) is 0 Å². The van der Waals surface area contributed by atoms with Gasteiger partial charge in [0.1, 0.15) is 0 Å². The lowest BCUT2D eigenvalue weighted by molar-refractivity contribution is 0.651. The molecule has 2 unspecified atom stereocenters. The molecule has 6 rings (SSSR count). The maximum absolute atomic E-state index is 2.45. The molecule has 2 aliphatic rings. The third-order valence-corrected chi connectivity index (χ3v) is 10.3. The summed E-state index contributed by atoms with van der Waals surface area (Å²) in [6.45, 7) is 4.76. The zero-order valence-electron chi connectivity index (χ0n) is 18.0. The molecule has 2 atom stereocenters. The minimum absolute atomic E-state index is 0.406. The zero-order chi connectivity index (χ0) is 20.9. The molecule has 3 heteroatoms. The van der Waals surface area contributed by atoms with Crippen molar-refractivity contribution in [2.45, 2.75) is 44.8 Å². The second-order valence-corrected chi connectivity index (χ2v) is 11.7. The molecule has 0 radical (unpaired) electrons. The molecule has 0 bridgehead atoms. The molecule has 4 aromatic rings. The second-order valence-electron chi connectivity index (χ2n) is 8.79. The van der Waals surface area contributed by atoms with Crippen molar-refractivity contribution in [3.05, 3.63) is 86.5 Å². The van der Waals surface area contributed by atoms with Crippen LogP contribution in [-0.2, 0) is 0 Å². The Labute approximate surface area is 196 Å². The largest absolute Gasteiger partial charge is 0.143 e. The van der Waals surface area contributed by atoms with Crippen LogP contribution in [0, 0.1) is 5.92 Å². The average Bonchev–Trinajstić information content (AvgIpc) is 3.54. The van der Waals surface area contributed by atoms with Gasteiger partial charge in [-0.2, -0.15) is 0 Å². The van der Waals surface area contributed by atoms with E-state index in [2.05, 4.69) is 84.9 Å². The van der Waals surface area contributed by atoms with Crippen LogP contribution in [0.1, 0.15) is 55.9 Å². The van der Waals surface area contributed by atoms with Crippen molar-refractivity contribution >= 4 is 60.2 Å². The van der Waals surface area contributed by atoms with Crippen molar-refractivity contribution < 1.29 is 0 Å². The summed E-state index contributed by atoms with van der Waals surface area (Å²) in [5.41, 5.74) is 7.95. The molecule has 2 aromatic carbocycles. The van der Waals surface area contributed by atoms with Gasteiger partial charge in [-0.25, -0.2) is 0 Å². The molecular formula is C28H26S3. The summed E-state index contributed by atoms with van der Waals surface area (Å²) in [6.07, 6.45) is 5.05. The van der Waals surface area contributed by atoms with E-state index in [0.717, 1.165) is 0 Å². The van der Waals surface area contributed by atoms with Gasteiger partial charge in [0.25, 0.3) is 0 Å². The Bertz CT molecular complexity index is 1350. The fourth-order valence-electron chi connectivity index (χ4n) is 5.29. The van der Waals surface area contributed by atoms with Crippen LogP contribution in [0.3, 0.4) is 0 Å². The van der Waals surface area contributed by atoms with Crippen molar-refractivity contribution in [1.29, 1.82) is 0 Å². The molecule has 0 saturated carbocycles. The standard InChI is InChI=1S/C28H26S3/c1-3-4-9-18-17(2)14-21-26(22-15-29-24-12-7-5-10-19(22)24)28(31-27(18)21)23-16-30-25-13-8-6-11-20(23)25/h5-8,10-13,15-17,28H,3-4,9,14H2,1-2H3. The summed E-state index contributed by atoms with van der Waals surface area (Å²) in [6, 6.07) is 17.9. The molecule has 0 N–H and O–H groups in total. The van der Waals surface area contributed by atoms with Crippen LogP contribution in [0.4, 0.5) is 0 Å². The number of hydrogen-bond donors (Lipinski definition) is 0. The molecule has 1 aliphatic carbocycles. The first kappa shape index (κ1) is 19.8. The second kappa shape index (κ2) is 7.95. The molecule has 3 heterocycles. The average molecular weight is 459 g/mol. The van der Waals surface area contributed by atoms with Crippen LogP contribution in [0.2, 0.25) is 0 Å². The fraction of sp³-hybridized carbons (Fsp3) is 0.286. The Morgan fingerprint density at radius 1 is 0.903 bits per heavy atom. The number of thiophene rings is 2. The summed E-state index contributed by atoms with van der Waals surface area (Å²) in [5, 5.41) is 8.12. The number of rotatable bonds is 5. The van der Waals surface area contributed by atoms with Gasteiger partial charge >= 0.3 is 0 Å². The van der Waals surface area contributed by atoms with Crippen LogP contribution < -0.4 is 0 Å². The van der Waals surface area contributed by atoms with Gasteiger partial charge in [-0.05, 0) is 75.7 Å². The van der Waals surface area contributed by atoms with Crippen LogP contribution >= 0.6 is 34.4 Å². The highest BCUT2D eigenvalue weighted by Gasteiger charge is 2.40. The van der Waals surface area contributed by atoms with E-state index in [9.17, 15) is 0 Å². The number of hydrogen-bond acceptors (Lipinski definition) is 3. The monoisotopic (exact) mass is 458 g/mol. The van der Waals surface area contributed by atoms with Crippen LogP contribution in [-0.4, -0.2) is 0 Å². The minimum Gasteiger partial charge on any atom is -0.143 e. The maximum atomic E-state index is 2.45. The van der Waals surface area contributed by atoms with Gasteiger partial charge in [0.05, 0.1) is 5.25 Å². The topological polar surface area (TPSA) is 0 Å². The number of fused-ring (bicyclic) bond motifs is 3. The molecule has 2 aromatic heterocycles. The van der Waals surface area contributed by atoms with Crippen molar-refractivity contribution in [3.63, 3.8) is 0 Å². The summed E-state index contributed by atoms with van der Waals surface area (Å²) >= 11 is 5.94. The predicted molar refractivity (Wildman–Crippen MR) is 141 cm³/mol. The fourth-order valence-corrected chi connectivity index (χ4v) is 9.06. The van der Waals surface area contributed by atoms with Crippen molar-refractivity contribution in [2.24, 2.45) is 5.92 Å². The number of allylic oxidation sites excluding steroid dienone is 2. The lowest BCUT2D eigenvalue weighted by atomic mass is 9.91. The SMILES string of the molecule is CCCCC1=C2SC(c3csc4ccccc34)C(c3csc4ccccc34)=C2CC1C. The molecule has 1 aliphatic heterocycles. The molecular weight excluding hydrogens is 433 g/mol. The van der Waals surface area contributed by atoms with Gasteiger partial charge in [-0.1, -0.05) is 62.2 Å². The van der Waals surface area contributed by atoms with Crippen LogP contribution in [0.5, 0.6) is 0 Å². The van der Waals surface area contributed by atoms with E-state index in [1.54, 1.807) is 21.6 Å². The Kier molecular flexibility index (Phi) is 5.09. The first-order chi connectivity index (χ1) is 15.3. The van der Waals surface area contributed by atoms with Gasteiger partial charge in [-0.15, -0.1) is 34.4 Å². The highest BCUT2D eigenvalue weighted by molar-refractivity contribution is 8.04. The predicted octanol–water partition coefficient (Wildman–Crippen LogP) is 9.84. The third-order valence-electron chi connectivity index (χ3n) is 6.86. The number of benzene rings is 2. The quantitative estimate of drug-likeness (QED) is 0.287. The van der Waals surface area contributed by atoms with E-state index in [1.807, 2.05) is 22.7 Å². The Morgan fingerprint density at radius 3 is 2.42 bits per heavy atom. The highest BCUT2D eigenvalue weighted by Crippen LogP contribution is 2.63. The van der Waals surface area contributed by atoms with Gasteiger partial charge in [0.2, 0.25) is 0 Å². The molecule has 31 heavy (non-hydrogen) atoms. The normalized spacial score (nSPS) is 21.1. The van der Waals surface area contributed by atoms with E-state index in [-0.39, 0.29) is 0 Å². The summed E-state index contributed by atoms with van der Waals surface area (Å²) in [4.78, 5) is 1.63. The zero-order valence-corrected chi connectivity index (χ0v) is 20.4. The first-order valence-electron chi connectivity index (χ1n) is 11.3. The number of unbranched alkanes of at least 4 members (excludes halogenated alkanes) is 1. The van der Waals surface area contributed by atoms with E-state index >= 15 is 0 Å². The Balaban J connectivity index is 1.58. The molecule has 156 valence electrons. The summed E-state index contributed by atoms with van der Waals surface area (Å²) < 4.78 is 2.81. The lowest BCUT2D eigenvalue weighted by Crippen LogP contribution is -1.98. The van der Waals surface area contributed by atoms with Crippen LogP contribution in [0.15, 0.2) is 75.3 Å². The first-order valence-corrected chi connectivity index (χ1v) is 14.0. The molecule has 0 spiro atoms. The van der Waals surface area contributed by atoms with Gasteiger partial charge < -0.3 is 0 Å². The van der Waals surface area contributed by atoms with Crippen molar-refractivity contribution in [3.8, 4) is 0 Å². The van der Waals surface area contributed by atoms with Gasteiger partial charge in [0.15, 0.2) is 0 Å². The molecule has 0 saturated heterocycles. The minimum atomic E-state index is 0.406. The van der Waals surface area contributed by atoms with Gasteiger partial charge in [0, 0.05) is 19.7 Å². The van der Waals surface area contributed by atoms with E-state index < -0.39 is 0 Å². The summed E-state index contributed by atoms with van der Waals surface area (Å²) in [5.74, 6) is 0.684. The van der Waals surface area contributed by atoms with E-state index in [1.165, 1.54) is 57.0 Å². The molecule has 0 fully saturated rings. The van der Waals surface area contributed by atoms with Gasteiger partial charge in [-0.3, -0.25) is 0 Å².